The monoisotopic (exact) mass is 468 g/mol. The van der Waals surface area contributed by atoms with E-state index in [1.807, 2.05) is 18.2 Å². The topological polar surface area (TPSA) is 76.2 Å². The lowest BCUT2D eigenvalue weighted by atomic mass is 9.77. The number of halogens is 1. The Hall–Kier alpha value is -3.06. The molecule has 0 bridgehead atoms. The number of hydrogen-bond acceptors (Lipinski definition) is 5. The maximum Gasteiger partial charge on any atom is 0.332 e. The minimum Gasteiger partial charge on any atom is -0.493 e. The first kappa shape index (κ1) is 21.8. The number of fused-ring (bicyclic) bond motifs is 5. The van der Waals surface area contributed by atoms with Crippen LogP contribution in [0.4, 0.5) is 10.5 Å². The van der Waals surface area contributed by atoms with Crippen molar-refractivity contribution in [3.8, 4) is 5.75 Å². The zero-order valence-electron chi connectivity index (χ0n) is 18.7. The summed E-state index contributed by atoms with van der Waals surface area (Å²) in [5.41, 5.74) is 0.937. The highest BCUT2D eigenvalue weighted by Gasteiger charge is 2.72. The van der Waals surface area contributed by atoms with Gasteiger partial charge in [0.25, 0.3) is 5.91 Å². The zero-order valence-corrected chi connectivity index (χ0v) is 19.5. The zero-order chi connectivity index (χ0) is 23.5. The van der Waals surface area contributed by atoms with Gasteiger partial charge < -0.3 is 14.4 Å². The van der Waals surface area contributed by atoms with Crippen LogP contribution in [0.25, 0.3) is 0 Å². The quantitative estimate of drug-likeness (QED) is 0.492. The highest BCUT2D eigenvalue weighted by Crippen LogP contribution is 2.58. The van der Waals surface area contributed by atoms with Gasteiger partial charge >= 0.3 is 12.0 Å². The van der Waals surface area contributed by atoms with Crippen molar-refractivity contribution in [2.24, 2.45) is 11.8 Å². The van der Waals surface area contributed by atoms with Gasteiger partial charge in [-0.05, 0) is 56.2 Å². The van der Waals surface area contributed by atoms with Gasteiger partial charge in [0.05, 0.1) is 30.9 Å². The van der Waals surface area contributed by atoms with Crippen LogP contribution in [0.2, 0.25) is 5.02 Å². The second kappa shape index (κ2) is 7.76. The number of nitrogens with zero attached hydrogens (tertiary/aromatic N) is 2. The number of carbonyl (C=O) groups excluding carboxylic acids is 3. The third-order valence-electron chi connectivity index (χ3n) is 7.11. The summed E-state index contributed by atoms with van der Waals surface area (Å²) in [6, 6.07) is 11.5. The van der Waals surface area contributed by atoms with Crippen molar-refractivity contribution in [2.45, 2.75) is 38.8 Å². The SMILES string of the molecule is CCOC(=O)[C@@H]1[C@H]2COc3cc(CC)ccc3[C@@H]2N2C(=O)N(c3ccc(Cl)cc3)C(=O)[C@@]12C. The van der Waals surface area contributed by atoms with Crippen molar-refractivity contribution in [1.29, 1.82) is 0 Å². The number of ether oxygens (including phenoxy) is 2. The van der Waals surface area contributed by atoms with Gasteiger partial charge in [-0.2, -0.15) is 0 Å². The molecule has 3 aliphatic heterocycles. The molecule has 3 aliphatic rings. The van der Waals surface area contributed by atoms with Crippen LogP contribution in [0.3, 0.4) is 0 Å². The molecular weight excluding hydrogens is 444 g/mol. The summed E-state index contributed by atoms with van der Waals surface area (Å²) in [5, 5.41) is 0.499. The van der Waals surface area contributed by atoms with Gasteiger partial charge in [0, 0.05) is 16.5 Å². The Kier molecular flexibility index (Phi) is 5.12. The van der Waals surface area contributed by atoms with Crippen LogP contribution >= 0.6 is 11.6 Å². The summed E-state index contributed by atoms with van der Waals surface area (Å²) in [6.45, 7) is 5.86. The molecule has 8 heteroatoms. The van der Waals surface area contributed by atoms with E-state index in [1.165, 1.54) is 0 Å². The molecule has 5 rings (SSSR count). The summed E-state index contributed by atoms with van der Waals surface area (Å²) < 4.78 is 11.5. The van der Waals surface area contributed by atoms with Gasteiger partial charge in [-0.1, -0.05) is 30.7 Å². The maximum atomic E-state index is 13.9. The average molecular weight is 469 g/mol. The molecule has 0 unspecified atom stereocenters. The molecule has 33 heavy (non-hydrogen) atoms. The number of anilines is 1. The number of hydrogen-bond donors (Lipinski definition) is 0. The Labute approximate surface area is 197 Å². The van der Waals surface area contributed by atoms with E-state index in [-0.39, 0.29) is 13.2 Å². The lowest BCUT2D eigenvalue weighted by Gasteiger charge is -2.34. The molecule has 0 aliphatic carbocycles. The Morgan fingerprint density at radius 1 is 1.18 bits per heavy atom. The largest absolute Gasteiger partial charge is 0.493 e. The second-order valence-electron chi connectivity index (χ2n) is 8.79. The summed E-state index contributed by atoms with van der Waals surface area (Å²) in [7, 11) is 0. The van der Waals surface area contributed by atoms with Crippen molar-refractivity contribution >= 4 is 35.2 Å². The van der Waals surface area contributed by atoms with Crippen LogP contribution in [0.15, 0.2) is 42.5 Å². The fraction of sp³-hybridized carbons (Fsp3) is 0.400. The number of aryl methyl sites for hydroxylation is 1. The molecule has 2 aromatic rings. The van der Waals surface area contributed by atoms with Gasteiger partial charge in [-0.25, -0.2) is 9.69 Å². The number of amides is 3. The van der Waals surface area contributed by atoms with E-state index in [0.29, 0.717) is 16.5 Å². The first-order valence-electron chi connectivity index (χ1n) is 11.2. The maximum absolute atomic E-state index is 13.9. The minimum absolute atomic E-state index is 0.184. The standard InChI is InChI=1S/C25H25ClN2O5/c1-4-14-6-11-17-19(12-14)33-13-18-20(22(29)32-5-2)25(3)23(30)27(24(31)28(25)21(17)18)16-9-7-15(26)8-10-16/h6-12,18,20-21H,4-5,13H2,1-3H3/t18-,20+,21+,25-/m1/s1. The van der Waals surface area contributed by atoms with Gasteiger partial charge in [-0.3, -0.25) is 9.59 Å². The molecule has 3 heterocycles. The molecule has 2 aromatic carbocycles. The Bertz CT molecular complexity index is 1150. The molecule has 0 saturated carbocycles. The fourth-order valence-corrected chi connectivity index (χ4v) is 5.70. The highest BCUT2D eigenvalue weighted by molar-refractivity contribution is 6.31. The minimum atomic E-state index is -1.40. The summed E-state index contributed by atoms with van der Waals surface area (Å²) in [4.78, 5) is 43.6. The predicted molar refractivity (Wildman–Crippen MR) is 122 cm³/mol. The van der Waals surface area contributed by atoms with E-state index in [4.69, 9.17) is 21.1 Å². The molecule has 0 aromatic heterocycles. The van der Waals surface area contributed by atoms with Crippen LogP contribution in [0.5, 0.6) is 5.75 Å². The Morgan fingerprint density at radius 2 is 1.91 bits per heavy atom. The van der Waals surface area contributed by atoms with Crippen molar-refractivity contribution in [3.05, 3.63) is 58.6 Å². The van der Waals surface area contributed by atoms with Gasteiger partial charge in [-0.15, -0.1) is 0 Å². The molecule has 2 fully saturated rings. The highest BCUT2D eigenvalue weighted by atomic mass is 35.5. The van der Waals surface area contributed by atoms with Crippen molar-refractivity contribution in [3.63, 3.8) is 0 Å². The number of esters is 1. The summed E-state index contributed by atoms with van der Waals surface area (Å²) in [5.74, 6) is -1.50. The summed E-state index contributed by atoms with van der Waals surface area (Å²) in [6.07, 6.45) is 0.847. The third-order valence-corrected chi connectivity index (χ3v) is 7.36. The molecular formula is C25H25ClN2O5. The van der Waals surface area contributed by atoms with Gasteiger partial charge in [0.2, 0.25) is 0 Å². The number of carbonyl (C=O) groups is 3. The fourth-order valence-electron chi connectivity index (χ4n) is 5.57. The van der Waals surface area contributed by atoms with E-state index in [0.717, 1.165) is 22.4 Å². The van der Waals surface area contributed by atoms with Crippen molar-refractivity contribution < 1.29 is 23.9 Å². The lowest BCUT2D eigenvalue weighted by Crippen LogP contribution is -2.51. The van der Waals surface area contributed by atoms with E-state index in [1.54, 1.807) is 43.0 Å². The van der Waals surface area contributed by atoms with E-state index < -0.39 is 41.3 Å². The van der Waals surface area contributed by atoms with E-state index >= 15 is 0 Å². The normalized spacial score (nSPS) is 27.7. The van der Waals surface area contributed by atoms with E-state index in [9.17, 15) is 14.4 Å². The van der Waals surface area contributed by atoms with Gasteiger partial charge in [0.1, 0.15) is 11.3 Å². The third kappa shape index (κ3) is 2.98. The molecule has 2 saturated heterocycles. The van der Waals surface area contributed by atoms with Crippen LogP contribution in [-0.2, 0) is 20.7 Å². The van der Waals surface area contributed by atoms with E-state index in [2.05, 4.69) is 6.92 Å². The van der Waals surface area contributed by atoms with Crippen molar-refractivity contribution in [2.75, 3.05) is 18.1 Å². The van der Waals surface area contributed by atoms with Gasteiger partial charge in [0.15, 0.2) is 0 Å². The number of imide groups is 1. The smallest absolute Gasteiger partial charge is 0.332 e. The summed E-state index contributed by atoms with van der Waals surface area (Å²) >= 11 is 6.01. The molecule has 0 radical (unpaired) electrons. The molecule has 172 valence electrons. The number of benzene rings is 2. The molecule has 0 spiro atoms. The Morgan fingerprint density at radius 3 is 2.58 bits per heavy atom. The van der Waals surface area contributed by atoms with Crippen LogP contribution < -0.4 is 9.64 Å². The Balaban J connectivity index is 1.66. The van der Waals surface area contributed by atoms with Crippen LogP contribution in [0, 0.1) is 11.8 Å². The first-order chi connectivity index (χ1) is 15.8. The second-order valence-corrected chi connectivity index (χ2v) is 9.23. The molecule has 7 nitrogen and oxygen atoms in total. The van der Waals surface area contributed by atoms with Crippen LogP contribution in [-0.4, -0.2) is 41.6 Å². The molecule has 3 amide bonds. The average Bonchev–Trinajstić information content (AvgIpc) is 3.19. The lowest BCUT2D eigenvalue weighted by molar-refractivity contribution is -0.154. The number of urea groups is 1. The first-order valence-corrected chi connectivity index (χ1v) is 11.6. The number of rotatable bonds is 4. The predicted octanol–water partition coefficient (Wildman–Crippen LogP) is 4.37. The molecule has 4 atom stereocenters. The van der Waals surface area contributed by atoms with Crippen LogP contribution in [0.1, 0.15) is 37.9 Å². The molecule has 0 N–H and O–H groups in total. The van der Waals surface area contributed by atoms with Crippen molar-refractivity contribution in [1.82, 2.24) is 4.90 Å².